The lowest BCUT2D eigenvalue weighted by molar-refractivity contribution is -0.142. The summed E-state index contributed by atoms with van der Waals surface area (Å²) in [7, 11) is 6.50. The smallest absolute Gasteiger partial charge is 0.401 e. The van der Waals surface area contributed by atoms with E-state index in [1.54, 1.807) is 14.2 Å². The Kier molecular flexibility index (Phi) is 9.04. The highest BCUT2D eigenvalue weighted by molar-refractivity contribution is 5.79. The van der Waals surface area contributed by atoms with Gasteiger partial charge in [0.25, 0.3) is 0 Å². The lowest BCUT2D eigenvalue weighted by Gasteiger charge is -2.24. The van der Waals surface area contributed by atoms with Crippen molar-refractivity contribution in [1.82, 2.24) is 15.1 Å². The molecule has 0 aromatic heterocycles. The van der Waals surface area contributed by atoms with E-state index in [1.165, 1.54) is 11.9 Å². The number of halogens is 3. The van der Waals surface area contributed by atoms with Crippen LogP contribution < -0.4 is 14.8 Å². The zero-order valence-electron chi connectivity index (χ0n) is 15.6. The molecule has 0 saturated heterocycles. The molecule has 0 aliphatic heterocycles. The molecule has 1 aromatic rings. The standard InChI is InChI=1S/C17H27F3N4O2/c1-21-16(22-9-10-23(2)13-17(18,19)20)24(3)11-12-26-15-7-5-14(25-4)6-8-15/h5-8H,9-13H2,1-4H3,(H,21,22). The second-order valence-electron chi connectivity index (χ2n) is 5.77. The van der Waals surface area contributed by atoms with E-state index >= 15 is 0 Å². The Labute approximate surface area is 152 Å². The van der Waals surface area contributed by atoms with E-state index < -0.39 is 12.7 Å². The molecule has 0 radical (unpaired) electrons. The minimum Gasteiger partial charge on any atom is -0.497 e. The molecule has 0 bridgehead atoms. The molecule has 0 unspecified atom stereocenters. The predicted molar refractivity (Wildman–Crippen MR) is 96.0 cm³/mol. The Morgan fingerprint density at radius 2 is 1.73 bits per heavy atom. The molecule has 6 nitrogen and oxygen atoms in total. The normalized spacial score (nSPS) is 12.2. The van der Waals surface area contributed by atoms with E-state index in [0.717, 1.165) is 11.5 Å². The number of alkyl halides is 3. The summed E-state index contributed by atoms with van der Waals surface area (Å²) >= 11 is 0. The summed E-state index contributed by atoms with van der Waals surface area (Å²) in [5.41, 5.74) is 0. The summed E-state index contributed by atoms with van der Waals surface area (Å²) in [6.45, 7) is 0.706. The number of methoxy groups -OCH3 is 1. The minimum atomic E-state index is -4.19. The number of guanidine groups is 1. The van der Waals surface area contributed by atoms with Gasteiger partial charge >= 0.3 is 6.18 Å². The fraction of sp³-hybridized carbons (Fsp3) is 0.588. The van der Waals surface area contributed by atoms with Crippen LogP contribution in [0.25, 0.3) is 0 Å². The van der Waals surface area contributed by atoms with Crippen LogP contribution >= 0.6 is 0 Å². The molecular weight excluding hydrogens is 349 g/mol. The van der Waals surface area contributed by atoms with Gasteiger partial charge in [-0.3, -0.25) is 9.89 Å². The van der Waals surface area contributed by atoms with Crippen molar-refractivity contribution in [2.24, 2.45) is 4.99 Å². The lowest BCUT2D eigenvalue weighted by Crippen LogP contribution is -2.44. The first kappa shape index (κ1) is 21.9. The highest BCUT2D eigenvalue weighted by atomic mass is 19.4. The largest absolute Gasteiger partial charge is 0.497 e. The summed E-state index contributed by atoms with van der Waals surface area (Å²) in [6.07, 6.45) is -4.19. The molecular formula is C17H27F3N4O2. The highest BCUT2D eigenvalue weighted by Gasteiger charge is 2.28. The summed E-state index contributed by atoms with van der Waals surface area (Å²) in [4.78, 5) is 7.20. The first-order valence-corrected chi connectivity index (χ1v) is 8.19. The Balaban J connectivity index is 2.31. The van der Waals surface area contributed by atoms with Crippen LogP contribution in [-0.4, -0.2) is 83.0 Å². The third-order valence-electron chi connectivity index (χ3n) is 3.55. The fourth-order valence-corrected chi connectivity index (χ4v) is 2.21. The summed E-state index contributed by atoms with van der Waals surface area (Å²) in [5.74, 6) is 2.09. The first-order chi connectivity index (χ1) is 12.2. The average molecular weight is 376 g/mol. The van der Waals surface area contributed by atoms with Gasteiger partial charge in [-0.25, -0.2) is 0 Å². The van der Waals surface area contributed by atoms with Gasteiger partial charge in [-0.2, -0.15) is 13.2 Å². The molecule has 0 aliphatic rings. The summed E-state index contributed by atoms with van der Waals surface area (Å²) in [5, 5.41) is 3.04. The van der Waals surface area contributed by atoms with Gasteiger partial charge in [0.1, 0.15) is 18.1 Å². The van der Waals surface area contributed by atoms with Crippen LogP contribution in [0.1, 0.15) is 0 Å². The van der Waals surface area contributed by atoms with Crippen molar-refractivity contribution >= 4 is 5.96 Å². The maximum atomic E-state index is 12.3. The Bertz CT molecular complexity index is 550. The molecule has 1 aromatic carbocycles. The van der Waals surface area contributed by atoms with Crippen LogP contribution in [0.15, 0.2) is 29.3 Å². The third-order valence-corrected chi connectivity index (χ3v) is 3.55. The van der Waals surface area contributed by atoms with Gasteiger partial charge in [0, 0.05) is 27.2 Å². The molecule has 148 valence electrons. The molecule has 0 spiro atoms. The van der Waals surface area contributed by atoms with E-state index in [-0.39, 0.29) is 6.54 Å². The molecule has 9 heteroatoms. The van der Waals surface area contributed by atoms with E-state index in [0.29, 0.717) is 25.7 Å². The molecule has 0 atom stereocenters. The number of aliphatic imine (C=N–C) groups is 1. The monoisotopic (exact) mass is 376 g/mol. The van der Waals surface area contributed by atoms with Crippen molar-refractivity contribution in [3.05, 3.63) is 24.3 Å². The van der Waals surface area contributed by atoms with Crippen molar-refractivity contribution < 1.29 is 22.6 Å². The van der Waals surface area contributed by atoms with Gasteiger partial charge < -0.3 is 19.7 Å². The molecule has 0 amide bonds. The van der Waals surface area contributed by atoms with E-state index in [2.05, 4.69) is 10.3 Å². The highest BCUT2D eigenvalue weighted by Crippen LogP contribution is 2.17. The first-order valence-electron chi connectivity index (χ1n) is 8.19. The van der Waals surface area contributed by atoms with Crippen molar-refractivity contribution in [3.63, 3.8) is 0 Å². The molecule has 1 N–H and O–H groups in total. The fourth-order valence-electron chi connectivity index (χ4n) is 2.21. The number of nitrogens with zero attached hydrogens (tertiary/aromatic N) is 3. The topological polar surface area (TPSA) is 49.3 Å². The quantitative estimate of drug-likeness (QED) is 0.528. The predicted octanol–water partition coefficient (Wildman–Crippen LogP) is 2.08. The number of rotatable bonds is 9. The SMILES string of the molecule is CN=C(NCCN(C)CC(F)(F)F)N(C)CCOc1ccc(OC)cc1. The Morgan fingerprint density at radius 3 is 2.27 bits per heavy atom. The second-order valence-corrected chi connectivity index (χ2v) is 5.77. The number of nitrogens with one attached hydrogen (secondary N) is 1. The van der Waals surface area contributed by atoms with Gasteiger partial charge in [0.05, 0.1) is 20.2 Å². The zero-order chi connectivity index (χ0) is 19.6. The third kappa shape index (κ3) is 8.80. The maximum absolute atomic E-state index is 12.3. The summed E-state index contributed by atoms with van der Waals surface area (Å²) < 4.78 is 47.6. The average Bonchev–Trinajstić information content (AvgIpc) is 2.57. The zero-order valence-corrected chi connectivity index (χ0v) is 15.6. The van der Waals surface area contributed by atoms with Crippen LogP contribution in [-0.2, 0) is 0 Å². The number of benzene rings is 1. The number of hydrogen-bond acceptors (Lipinski definition) is 4. The molecule has 0 heterocycles. The van der Waals surface area contributed by atoms with Crippen molar-refractivity contribution in [3.8, 4) is 11.5 Å². The maximum Gasteiger partial charge on any atom is 0.401 e. The van der Waals surface area contributed by atoms with Crippen molar-refractivity contribution in [2.75, 3.05) is 61.0 Å². The number of likely N-dealkylation sites (N-methyl/N-ethyl adjacent to an activating group) is 2. The lowest BCUT2D eigenvalue weighted by atomic mass is 10.3. The van der Waals surface area contributed by atoms with Gasteiger partial charge in [0.2, 0.25) is 0 Å². The molecule has 0 saturated carbocycles. The van der Waals surface area contributed by atoms with Gasteiger partial charge in [-0.1, -0.05) is 0 Å². The van der Waals surface area contributed by atoms with E-state index in [1.807, 2.05) is 36.2 Å². The van der Waals surface area contributed by atoms with Crippen LogP contribution in [0.4, 0.5) is 13.2 Å². The molecule has 0 fully saturated rings. The van der Waals surface area contributed by atoms with E-state index in [4.69, 9.17) is 9.47 Å². The number of ether oxygens (including phenoxy) is 2. The van der Waals surface area contributed by atoms with Gasteiger partial charge in [-0.05, 0) is 31.3 Å². The minimum absolute atomic E-state index is 0.259. The van der Waals surface area contributed by atoms with Crippen LogP contribution in [0.5, 0.6) is 11.5 Å². The van der Waals surface area contributed by atoms with Crippen LogP contribution in [0.2, 0.25) is 0 Å². The number of hydrogen-bond donors (Lipinski definition) is 1. The van der Waals surface area contributed by atoms with Gasteiger partial charge in [0.15, 0.2) is 5.96 Å². The Hall–Kier alpha value is -2.16. The van der Waals surface area contributed by atoms with Crippen molar-refractivity contribution in [1.29, 1.82) is 0 Å². The van der Waals surface area contributed by atoms with E-state index in [9.17, 15) is 13.2 Å². The molecule has 1 rings (SSSR count). The molecule has 0 aliphatic carbocycles. The Morgan fingerprint density at radius 1 is 1.12 bits per heavy atom. The van der Waals surface area contributed by atoms with Gasteiger partial charge in [-0.15, -0.1) is 0 Å². The van der Waals surface area contributed by atoms with Crippen LogP contribution in [0.3, 0.4) is 0 Å². The summed E-state index contributed by atoms with van der Waals surface area (Å²) in [6, 6.07) is 7.28. The van der Waals surface area contributed by atoms with Crippen molar-refractivity contribution in [2.45, 2.75) is 6.18 Å². The molecule has 26 heavy (non-hydrogen) atoms. The second kappa shape index (κ2) is 10.7. The van der Waals surface area contributed by atoms with Crippen LogP contribution in [0, 0.1) is 0 Å².